The van der Waals surface area contributed by atoms with Gasteiger partial charge in [0.25, 0.3) is 0 Å². The Kier molecular flexibility index (Phi) is 5.42. The molecule has 0 radical (unpaired) electrons. The third-order valence-electron chi connectivity index (χ3n) is 4.60. The minimum atomic E-state index is -0.224. The van der Waals surface area contributed by atoms with Gasteiger partial charge in [0.2, 0.25) is 0 Å². The molecule has 2 N–H and O–H groups in total. The van der Waals surface area contributed by atoms with Crippen LogP contribution in [0, 0.1) is 0 Å². The van der Waals surface area contributed by atoms with Crippen LogP contribution in [0.5, 0.6) is 11.5 Å². The zero-order valence-corrected chi connectivity index (χ0v) is 14.2. The molecular formula is C17H25N3O4. The van der Waals surface area contributed by atoms with E-state index in [4.69, 9.17) is 14.2 Å². The van der Waals surface area contributed by atoms with Crippen molar-refractivity contribution in [1.82, 2.24) is 10.2 Å². The molecule has 1 aromatic carbocycles. The van der Waals surface area contributed by atoms with Gasteiger partial charge in [0, 0.05) is 32.3 Å². The predicted molar refractivity (Wildman–Crippen MR) is 90.9 cm³/mol. The highest BCUT2D eigenvalue weighted by Crippen LogP contribution is 2.34. The first-order valence-corrected chi connectivity index (χ1v) is 8.31. The van der Waals surface area contributed by atoms with Crippen LogP contribution in [0.25, 0.3) is 0 Å². The smallest absolute Gasteiger partial charge is 0.319 e. The highest BCUT2D eigenvalue weighted by molar-refractivity contribution is 5.91. The molecule has 2 heterocycles. The van der Waals surface area contributed by atoms with Crippen LogP contribution in [0.15, 0.2) is 18.2 Å². The first-order chi connectivity index (χ1) is 11.7. The van der Waals surface area contributed by atoms with Crippen LogP contribution in [-0.4, -0.2) is 63.5 Å². The van der Waals surface area contributed by atoms with E-state index in [1.165, 1.54) is 0 Å². The maximum Gasteiger partial charge on any atom is 0.319 e. The second kappa shape index (κ2) is 7.72. The summed E-state index contributed by atoms with van der Waals surface area (Å²) in [7, 11) is 3.12. The maximum atomic E-state index is 12.2. The number of hydrogen-bond acceptors (Lipinski definition) is 5. The predicted octanol–water partition coefficient (Wildman–Crippen LogP) is 1.69. The second-order valence-corrected chi connectivity index (χ2v) is 6.13. The van der Waals surface area contributed by atoms with E-state index in [2.05, 4.69) is 15.5 Å². The molecule has 2 amide bonds. The Morgan fingerprint density at radius 1 is 1.21 bits per heavy atom. The number of anilines is 1. The number of methoxy groups -OCH3 is 2. The number of ether oxygens (including phenoxy) is 3. The fraction of sp³-hybridized carbons (Fsp3) is 0.588. The van der Waals surface area contributed by atoms with Crippen LogP contribution in [0.2, 0.25) is 0 Å². The average Bonchev–Trinajstić information content (AvgIpc) is 2.58. The van der Waals surface area contributed by atoms with Gasteiger partial charge in [-0.15, -0.1) is 0 Å². The fourth-order valence-corrected chi connectivity index (χ4v) is 3.28. The first-order valence-electron chi connectivity index (χ1n) is 8.31. The number of amides is 2. The van der Waals surface area contributed by atoms with Gasteiger partial charge in [-0.2, -0.15) is 0 Å². The van der Waals surface area contributed by atoms with Gasteiger partial charge < -0.3 is 24.8 Å². The summed E-state index contributed by atoms with van der Waals surface area (Å²) in [6.07, 6.45) is 2.17. The summed E-state index contributed by atoms with van der Waals surface area (Å²) in [6.45, 7) is 3.48. The highest BCUT2D eigenvalue weighted by Gasteiger charge is 2.33. The van der Waals surface area contributed by atoms with Gasteiger partial charge >= 0.3 is 6.03 Å². The van der Waals surface area contributed by atoms with Crippen LogP contribution >= 0.6 is 0 Å². The molecule has 2 saturated heterocycles. The number of urea groups is 1. The van der Waals surface area contributed by atoms with E-state index in [1.54, 1.807) is 26.4 Å². The average molecular weight is 335 g/mol. The minimum Gasteiger partial charge on any atom is -0.493 e. The van der Waals surface area contributed by atoms with E-state index >= 15 is 0 Å². The zero-order valence-electron chi connectivity index (χ0n) is 14.2. The summed E-state index contributed by atoms with van der Waals surface area (Å²) in [6, 6.07) is 5.95. The lowest BCUT2D eigenvalue weighted by Crippen LogP contribution is -2.63. The van der Waals surface area contributed by atoms with Gasteiger partial charge in [0.15, 0.2) is 11.5 Å². The Morgan fingerprint density at radius 3 is 2.62 bits per heavy atom. The Morgan fingerprint density at radius 2 is 1.96 bits per heavy atom. The Hall–Kier alpha value is -1.99. The van der Waals surface area contributed by atoms with Crippen LogP contribution < -0.4 is 20.1 Å². The van der Waals surface area contributed by atoms with Gasteiger partial charge in [-0.25, -0.2) is 4.79 Å². The zero-order chi connectivity index (χ0) is 16.9. The Labute approximate surface area is 142 Å². The number of carbonyl (C=O) groups excluding carboxylic acids is 1. The monoisotopic (exact) mass is 335 g/mol. The van der Waals surface area contributed by atoms with Gasteiger partial charge in [-0.1, -0.05) is 6.07 Å². The first kappa shape index (κ1) is 16.9. The molecule has 2 fully saturated rings. The second-order valence-electron chi connectivity index (χ2n) is 6.13. The largest absolute Gasteiger partial charge is 0.493 e. The van der Waals surface area contributed by atoms with Crippen molar-refractivity contribution in [2.24, 2.45) is 0 Å². The van der Waals surface area contributed by atoms with Crippen molar-refractivity contribution in [3.63, 3.8) is 0 Å². The number of para-hydroxylation sites is 1. The molecule has 2 aliphatic heterocycles. The van der Waals surface area contributed by atoms with Crippen molar-refractivity contribution in [3.8, 4) is 11.5 Å². The van der Waals surface area contributed by atoms with Gasteiger partial charge in [0.1, 0.15) is 0 Å². The van der Waals surface area contributed by atoms with Crippen LogP contribution in [0.3, 0.4) is 0 Å². The molecule has 2 aliphatic rings. The molecule has 0 bridgehead atoms. The topological polar surface area (TPSA) is 72.1 Å². The standard InChI is InChI=1S/C17H25N3O4/c1-22-15-5-3-4-14(16(15)23-2)19-17(21)18-12-10-20(11-12)13-6-8-24-9-7-13/h3-5,12-13H,6-11H2,1-2H3,(H2,18,19,21). The van der Waals surface area contributed by atoms with Gasteiger partial charge in [0.05, 0.1) is 25.9 Å². The summed E-state index contributed by atoms with van der Waals surface area (Å²) in [5.41, 5.74) is 0.593. The molecule has 24 heavy (non-hydrogen) atoms. The van der Waals surface area contributed by atoms with Crippen molar-refractivity contribution < 1.29 is 19.0 Å². The van der Waals surface area contributed by atoms with Gasteiger partial charge in [-0.05, 0) is 25.0 Å². The molecule has 0 atom stereocenters. The van der Waals surface area contributed by atoms with Crippen LogP contribution in [-0.2, 0) is 4.74 Å². The lowest BCUT2D eigenvalue weighted by Gasteiger charge is -2.45. The minimum absolute atomic E-state index is 0.185. The number of nitrogens with zero attached hydrogens (tertiary/aromatic N) is 1. The molecule has 0 spiro atoms. The Balaban J connectivity index is 1.49. The molecule has 132 valence electrons. The quantitative estimate of drug-likeness (QED) is 0.857. The van der Waals surface area contributed by atoms with Crippen LogP contribution in [0.1, 0.15) is 12.8 Å². The third-order valence-corrected chi connectivity index (χ3v) is 4.60. The lowest BCUT2D eigenvalue weighted by molar-refractivity contribution is -0.00122. The summed E-state index contributed by atoms with van der Waals surface area (Å²) in [5.74, 6) is 1.11. The number of rotatable bonds is 5. The molecule has 0 aromatic heterocycles. The van der Waals surface area contributed by atoms with Crippen molar-refractivity contribution in [3.05, 3.63) is 18.2 Å². The van der Waals surface area contributed by atoms with Crippen molar-refractivity contribution >= 4 is 11.7 Å². The molecule has 0 aliphatic carbocycles. The van der Waals surface area contributed by atoms with E-state index in [0.29, 0.717) is 23.2 Å². The van der Waals surface area contributed by atoms with E-state index in [-0.39, 0.29) is 12.1 Å². The number of nitrogens with one attached hydrogen (secondary N) is 2. The van der Waals surface area contributed by atoms with Crippen LogP contribution in [0.4, 0.5) is 10.5 Å². The molecule has 0 saturated carbocycles. The van der Waals surface area contributed by atoms with Crippen molar-refractivity contribution in [1.29, 1.82) is 0 Å². The third kappa shape index (κ3) is 3.73. The van der Waals surface area contributed by atoms with E-state index in [0.717, 1.165) is 39.1 Å². The summed E-state index contributed by atoms with van der Waals surface area (Å²) >= 11 is 0. The summed E-state index contributed by atoms with van der Waals surface area (Å²) in [4.78, 5) is 14.6. The van der Waals surface area contributed by atoms with E-state index in [1.807, 2.05) is 6.07 Å². The lowest BCUT2D eigenvalue weighted by atomic mass is 10.00. The molecule has 7 nitrogen and oxygen atoms in total. The highest BCUT2D eigenvalue weighted by atomic mass is 16.5. The van der Waals surface area contributed by atoms with E-state index in [9.17, 15) is 4.79 Å². The van der Waals surface area contributed by atoms with Crippen molar-refractivity contribution in [2.45, 2.75) is 24.9 Å². The van der Waals surface area contributed by atoms with Gasteiger partial charge in [-0.3, -0.25) is 4.90 Å². The number of benzene rings is 1. The normalized spacial score (nSPS) is 19.4. The van der Waals surface area contributed by atoms with Crippen molar-refractivity contribution in [2.75, 3.05) is 45.8 Å². The van der Waals surface area contributed by atoms with E-state index < -0.39 is 0 Å². The summed E-state index contributed by atoms with van der Waals surface area (Å²) in [5, 5.41) is 5.84. The molecule has 1 aromatic rings. The molecule has 0 unspecified atom stereocenters. The molecule has 7 heteroatoms. The number of hydrogen-bond donors (Lipinski definition) is 2. The molecular weight excluding hydrogens is 310 g/mol. The summed E-state index contributed by atoms with van der Waals surface area (Å²) < 4.78 is 16.0. The molecule has 3 rings (SSSR count). The maximum absolute atomic E-state index is 12.2. The number of carbonyl (C=O) groups is 1. The SMILES string of the molecule is COc1cccc(NC(=O)NC2CN(C3CCOCC3)C2)c1OC. The Bertz CT molecular complexity index is 569. The fourth-order valence-electron chi connectivity index (χ4n) is 3.28. The number of likely N-dealkylation sites (tertiary alicyclic amines) is 1.